The van der Waals surface area contributed by atoms with Gasteiger partial charge in [-0.1, -0.05) is 12.8 Å². The van der Waals surface area contributed by atoms with E-state index in [1.807, 2.05) is 0 Å². The van der Waals surface area contributed by atoms with Crippen LogP contribution in [0.2, 0.25) is 0 Å². The average molecular weight is 223 g/mol. The van der Waals surface area contributed by atoms with Crippen LogP contribution in [0.5, 0.6) is 0 Å². The van der Waals surface area contributed by atoms with E-state index < -0.39 is 6.10 Å². The summed E-state index contributed by atoms with van der Waals surface area (Å²) in [6.07, 6.45) is 6.77. The van der Waals surface area contributed by atoms with E-state index in [0.717, 1.165) is 25.7 Å². The number of nitrogens with zero attached hydrogens (tertiary/aromatic N) is 2. The Balaban J connectivity index is 1.82. The van der Waals surface area contributed by atoms with E-state index in [1.54, 1.807) is 23.1 Å². The zero-order valence-electron chi connectivity index (χ0n) is 9.17. The number of carbonyl (C=O) groups is 1. The summed E-state index contributed by atoms with van der Waals surface area (Å²) in [5.41, 5.74) is 0. The third kappa shape index (κ3) is 2.82. The molecule has 1 aliphatic rings. The first-order valence-electron chi connectivity index (χ1n) is 5.70. The van der Waals surface area contributed by atoms with Gasteiger partial charge in [-0.2, -0.15) is 5.10 Å². The quantitative estimate of drug-likeness (QED) is 0.774. The van der Waals surface area contributed by atoms with Crippen LogP contribution in [0.1, 0.15) is 25.7 Å². The van der Waals surface area contributed by atoms with Crippen LogP contribution in [0.15, 0.2) is 18.5 Å². The molecule has 0 aromatic carbocycles. The molecule has 1 aromatic heterocycles. The van der Waals surface area contributed by atoms with Gasteiger partial charge >= 0.3 is 0 Å². The highest BCUT2D eigenvalue weighted by Gasteiger charge is 2.24. The maximum Gasteiger partial charge on any atom is 0.242 e. The summed E-state index contributed by atoms with van der Waals surface area (Å²) in [6, 6.07) is 1.69. The summed E-state index contributed by atoms with van der Waals surface area (Å²) in [7, 11) is 0. The molecule has 0 spiro atoms. The first kappa shape index (κ1) is 11.1. The minimum atomic E-state index is -0.393. The van der Waals surface area contributed by atoms with Crippen LogP contribution in [-0.4, -0.2) is 32.9 Å². The molecule has 1 aromatic rings. The van der Waals surface area contributed by atoms with Gasteiger partial charge in [0.2, 0.25) is 5.91 Å². The Morgan fingerprint density at radius 2 is 2.31 bits per heavy atom. The Morgan fingerprint density at radius 1 is 1.50 bits per heavy atom. The van der Waals surface area contributed by atoms with Crippen molar-refractivity contribution in [2.45, 2.75) is 44.4 Å². The van der Waals surface area contributed by atoms with Crippen molar-refractivity contribution < 1.29 is 9.90 Å². The molecule has 1 fully saturated rings. The van der Waals surface area contributed by atoms with E-state index >= 15 is 0 Å². The number of nitrogens with one attached hydrogen (secondary N) is 1. The molecule has 0 radical (unpaired) electrons. The van der Waals surface area contributed by atoms with Crippen LogP contribution >= 0.6 is 0 Å². The molecule has 1 heterocycles. The number of aliphatic hydroxyl groups excluding tert-OH is 1. The Bertz CT molecular complexity index is 337. The molecule has 16 heavy (non-hydrogen) atoms. The van der Waals surface area contributed by atoms with Gasteiger partial charge in [0, 0.05) is 12.4 Å². The zero-order valence-corrected chi connectivity index (χ0v) is 9.17. The standard InChI is InChI=1S/C11H17N3O2/c15-10-5-2-1-4-9(10)13-11(16)8-14-7-3-6-12-14/h3,6-7,9-10,15H,1-2,4-5,8H2,(H,13,16)/t9-,10-/m0/s1. The van der Waals surface area contributed by atoms with Gasteiger partial charge in [0.1, 0.15) is 6.54 Å². The second-order valence-corrected chi connectivity index (χ2v) is 4.23. The van der Waals surface area contributed by atoms with Crippen molar-refractivity contribution in [3.63, 3.8) is 0 Å². The summed E-state index contributed by atoms with van der Waals surface area (Å²) in [4.78, 5) is 11.6. The lowest BCUT2D eigenvalue weighted by molar-refractivity contribution is -0.123. The van der Waals surface area contributed by atoms with Gasteiger partial charge < -0.3 is 10.4 Å². The largest absolute Gasteiger partial charge is 0.391 e. The lowest BCUT2D eigenvalue weighted by Gasteiger charge is -2.28. The van der Waals surface area contributed by atoms with Gasteiger partial charge in [0.25, 0.3) is 0 Å². The first-order valence-corrected chi connectivity index (χ1v) is 5.70. The monoisotopic (exact) mass is 223 g/mol. The maximum absolute atomic E-state index is 11.6. The summed E-state index contributed by atoms with van der Waals surface area (Å²) >= 11 is 0. The van der Waals surface area contributed by atoms with Crippen molar-refractivity contribution in [3.8, 4) is 0 Å². The molecule has 0 bridgehead atoms. The van der Waals surface area contributed by atoms with Gasteiger partial charge in [-0.25, -0.2) is 0 Å². The second-order valence-electron chi connectivity index (χ2n) is 4.23. The van der Waals surface area contributed by atoms with Gasteiger partial charge in [-0.05, 0) is 18.9 Å². The number of hydrogen-bond acceptors (Lipinski definition) is 3. The molecule has 1 aliphatic carbocycles. The molecular weight excluding hydrogens is 206 g/mol. The van der Waals surface area contributed by atoms with Crippen molar-refractivity contribution in [1.82, 2.24) is 15.1 Å². The molecule has 2 atom stereocenters. The highest BCUT2D eigenvalue weighted by atomic mass is 16.3. The van der Waals surface area contributed by atoms with E-state index in [1.165, 1.54) is 0 Å². The van der Waals surface area contributed by atoms with E-state index in [4.69, 9.17) is 0 Å². The molecule has 1 amide bonds. The van der Waals surface area contributed by atoms with Crippen molar-refractivity contribution in [2.75, 3.05) is 0 Å². The third-order valence-corrected chi connectivity index (χ3v) is 2.94. The van der Waals surface area contributed by atoms with Crippen LogP contribution in [0.3, 0.4) is 0 Å². The van der Waals surface area contributed by atoms with E-state index in [9.17, 15) is 9.90 Å². The van der Waals surface area contributed by atoms with Crippen LogP contribution in [-0.2, 0) is 11.3 Å². The fourth-order valence-electron chi connectivity index (χ4n) is 2.07. The normalized spacial score (nSPS) is 25.3. The topological polar surface area (TPSA) is 67.2 Å². The molecular formula is C11H17N3O2. The summed E-state index contributed by atoms with van der Waals surface area (Å²) in [5, 5.41) is 16.5. The Kier molecular flexibility index (Phi) is 3.56. The fraction of sp³-hybridized carbons (Fsp3) is 0.636. The predicted molar refractivity (Wildman–Crippen MR) is 58.6 cm³/mol. The molecule has 2 N–H and O–H groups in total. The number of aliphatic hydroxyl groups is 1. The average Bonchev–Trinajstić information content (AvgIpc) is 2.74. The van der Waals surface area contributed by atoms with Crippen LogP contribution in [0, 0.1) is 0 Å². The van der Waals surface area contributed by atoms with Gasteiger partial charge in [0.05, 0.1) is 12.1 Å². The summed E-state index contributed by atoms with van der Waals surface area (Å²) in [5.74, 6) is -0.0883. The molecule has 5 heteroatoms. The molecule has 2 rings (SSSR count). The number of rotatable bonds is 3. The lowest BCUT2D eigenvalue weighted by Crippen LogP contribution is -2.46. The third-order valence-electron chi connectivity index (χ3n) is 2.94. The van der Waals surface area contributed by atoms with Gasteiger partial charge in [-0.15, -0.1) is 0 Å². The number of hydrogen-bond donors (Lipinski definition) is 2. The van der Waals surface area contributed by atoms with E-state index in [0.29, 0.717) is 0 Å². The van der Waals surface area contributed by atoms with Crippen molar-refractivity contribution >= 4 is 5.91 Å². The fourth-order valence-corrected chi connectivity index (χ4v) is 2.07. The summed E-state index contributed by atoms with van der Waals surface area (Å²) in [6.45, 7) is 0.218. The lowest BCUT2D eigenvalue weighted by atomic mass is 9.92. The zero-order chi connectivity index (χ0) is 11.4. The Morgan fingerprint density at radius 3 is 3.00 bits per heavy atom. The highest BCUT2D eigenvalue weighted by molar-refractivity contribution is 5.76. The first-order chi connectivity index (χ1) is 7.75. The van der Waals surface area contributed by atoms with Crippen molar-refractivity contribution in [2.24, 2.45) is 0 Å². The smallest absolute Gasteiger partial charge is 0.242 e. The summed E-state index contributed by atoms with van der Waals surface area (Å²) < 4.78 is 1.57. The number of amides is 1. The number of aromatic nitrogens is 2. The Labute approximate surface area is 94.5 Å². The minimum absolute atomic E-state index is 0.0863. The van der Waals surface area contributed by atoms with Crippen LogP contribution < -0.4 is 5.32 Å². The molecule has 5 nitrogen and oxygen atoms in total. The van der Waals surface area contributed by atoms with Crippen LogP contribution in [0.25, 0.3) is 0 Å². The minimum Gasteiger partial charge on any atom is -0.391 e. The molecule has 1 saturated carbocycles. The molecule has 88 valence electrons. The predicted octanol–water partition coefficient (Wildman–Crippen LogP) is 0.303. The highest BCUT2D eigenvalue weighted by Crippen LogP contribution is 2.18. The van der Waals surface area contributed by atoms with Crippen molar-refractivity contribution in [3.05, 3.63) is 18.5 Å². The van der Waals surface area contributed by atoms with Gasteiger partial charge in [-0.3, -0.25) is 9.48 Å². The van der Waals surface area contributed by atoms with Crippen LogP contribution in [0.4, 0.5) is 0 Å². The van der Waals surface area contributed by atoms with E-state index in [2.05, 4.69) is 10.4 Å². The molecule has 0 saturated heterocycles. The SMILES string of the molecule is O=C(Cn1cccn1)N[C@H]1CCCC[C@@H]1O. The van der Waals surface area contributed by atoms with Gasteiger partial charge in [0.15, 0.2) is 0 Å². The Hall–Kier alpha value is -1.36. The maximum atomic E-state index is 11.6. The molecule has 0 aliphatic heterocycles. The number of carbonyl (C=O) groups excluding carboxylic acids is 1. The van der Waals surface area contributed by atoms with E-state index in [-0.39, 0.29) is 18.5 Å². The second kappa shape index (κ2) is 5.12. The molecule has 0 unspecified atom stereocenters. The van der Waals surface area contributed by atoms with Crippen molar-refractivity contribution in [1.29, 1.82) is 0 Å².